The van der Waals surface area contributed by atoms with Crippen LogP contribution in [0.25, 0.3) is 0 Å². The molecule has 0 spiro atoms. The Labute approximate surface area is 157 Å². The highest BCUT2D eigenvalue weighted by molar-refractivity contribution is 5.97. The van der Waals surface area contributed by atoms with Crippen LogP contribution in [0.4, 0.5) is 4.39 Å². The van der Waals surface area contributed by atoms with Gasteiger partial charge in [0.05, 0.1) is 17.2 Å². The van der Waals surface area contributed by atoms with E-state index in [-0.39, 0.29) is 30.2 Å². The molecule has 2 amide bonds. The summed E-state index contributed by atoms with van der Waals surface area (Å²) in [6.45, 7) is 0.433. The number of likely N-dealkylation sites (tertiary alicyclic amines) is 1. The van der Waals surface area contributed by atoms with Gasteiger partial charge >= 0.3 is 0 Å². The lowest BCUT2D eigenvalue weighted by atomic mass is 9.78. The van der Waals surface area contributed by atoms with E-state index in [4.69, 9.17) is 9.47 Å². The number of amides is 2. The number of fused-ring (bicyclic) bond motifs is 1. The van der Waals surface area contributed by atoms with Crippen molar-refractivity contribution in [2.45, 2.75) is 43.4 Å². The number of benzene rings is 1. The summed E-state index contributed by atoms with van der Waals surface area (Å²) >= 11 is 0. The predicted octanol–water partition coefficient (Wildman–Crippen LogP) is 1.45. The summed E-state index contributed by atoms with van der Waals surface area (Å²) in [7, 11) is 3.09. The van der Waals surface area contributed by atoms with Gasteiger partial charge in [-0.1, -0.05) is 6.07 Å². The number of rotatable bonds is 5. The predicted molar refractivity (Wildman–Crippen MR) is 94.9 cm³/mol. The fraction of sp³-hybridized carbons (Fsp3) is 0.579. The molecular formula is C19H25FN2O5. The molecule has 1 aromatic carbocycles. The lowest BCUT2D eigenvalue weighted by Crippen LogP contribution is -2.56. The van der Waals surface area contributed by atoms with Crippen molar-refractivity contribution in [1.29, 1.82) is 0 Å². The Kier molecular flexibility index (Phi) is 5.67. The van der Waals surface area contributed by atoms with E-state index in [1.165, 1.54) is 19.2 Å². The molecule has 3 atom stereocenters. The van der Waals surface area contributed by atoms with E-state index in [9.17, 15) is 19.1 Å². The van der Waals surface area contributed by atoms with Gasteiger partial charge in [-0.25, -0.2) is 4.39 Å². The molecule has 1 heterocycles. The fourth-order valence-electron chi connectivity index (χ4n) is 4.31. The molecule has 0 aromatic heterocycles. The van der Waals surface area contributed by atoms with Gasteiger partial charge in [0.25, 0.3) is 5.91 Å². The first-order chi connectivity index (χ1) is 12.9. The van der Waals surface area contributed by atoms with E-state index in [0.29, 0.717) is 25.8 Å². The number of halogens is 1. The smallest absolute Gasteiger partial charge is 0.258 e. The Morgan fingerprint density at radius 2 is 2.15 bits per heavy atom. The van der Waals surface area contributed by atoms with Gasteiger partial charge in [-0.3, -0.25) is 9.59 Å². The maximum absolute atomic E-state index is 13.7. The maximum atomic E-state index is 13.7. The highest BCUT2D eigenvalue weighted by Gasteiger charge is 2.53. The van der Waals surface area contributed by atoms with Crippen molar-refractivity contribution in [2.24, 2.45) is 0 Å². The third-order valence-electron chi connectivity index (χ3n) is 5.71. The second kappa shape index (κ2) is 7.82. The van der Waals surface area contributed by atoms with Crippen molar-refractivity contribution in [1.82, 2.24) is 10.2 Å². The molecule has 1 aromatic rings. The van der Waals surface area contributed by atoms with E-state index >= 15 is 0 Å². The second-order valence-corrected chi connectivity index (χ2v) is 7.14. The number of phenolic OH excluding ortho intramolecular Hbond substituents is 1. The summed E-state index contributed by atoms with van der Waals surface area (Å²) in [5.74, 6) is -2.10. The van der Waals surface area contributed by atoms with Crippen LogP contribution in [-0.4, -0.2) is 66.9 Å². The Balaban J connectivity index is 1.81. The van der Waals surface area contributed by atoms with Crippen LogP contribution < -0.4 is 5.32 Å². The standard InChI is InChI=1S/C19H25FN2O5/c1-26-11-16(23)21-12-6-7-19(27-2)8-9-22(15(19)10-12)18(25)13-4-3-5-14(20)17(13)24/h3-5,12,15,24H,6-11H2,1-2H3,(H,21,23)/t12-,15+,19-/m1/s1. The van der Waals surface area contributed by atoms with Crippen molar-refractivity contribution in [3.63, 3.8) is 0 Å². The molecule has 148 valence electrons. The topological polar surface area (TPSA) is 88.1 Å². The zero-order valence-corrected chi connectivity index (χ0v) is 15.5. The highest BCUT2D eigenvalue weighted by Crippen LogP contribution is 2.43. The van der Waals surface area contributed by atoms with Crippen LogP contribution in [0.5, 0.6) is 5.75 Å². The van der Waals surface area contributed by atoms with E-state index in [1.54, 1.807) is 12.0 Å². The summed E-state index contributed by atoms with van der Waals surface area (Å²) in [4.78, 5) is 26.5. The fourth-order valence-corrected chi connectivity index (χ4v) is 4.31. The van der Waals surface area contributed by atoms with Crippen molar-refractivity contribution >= 4 is 11.8 Å². The zero-order valence-electron chi connectivity index (χ0n) is 15.5. The molecule has 1 saturated heterocycles. The SMILES string of the molecule is COCC(=O)N[C@@H]1CC[C@@]2(OC)CCN(C(=O)c3cccc(F)c3O)[C@H]2C1. The molecule has 1 saturated carbocycles. The first-order valence-corrected chi connectivity index (χ1v) is 9.03. The van der Waals surface area contributed by atoms with Crippen LogP contribution in [0, 0.1) is 5.82 Å². The minimum absolute atomic E-state index is 0.0175. The van der Waals surface area contributed by atoms with Crippen molar-refractivity contribution in [2.75, 3.05) is 27.4 Å². The third-order valence-corrected chi connectivity index (χ3v) is 5.71. The number of methoxy groups -OCH3 is 2. The van der Waals surface area contributed by atoms with Crippen LogP contribution in [0.15, 0.2) is 18.2 Å². The molecule has 8 heteroatoms. The van der Waals surface area contributed by atoms with Crippen LogP contribution >= 0.6 is 0 Å². The van der Waals surface area contributed by atoms with Crippen molar-refractivity contribution in [3.8, 4) is 5.75 Å². The number of hydrogen-bond donors (Lipinski definition) is 2. The lowest BCUT2D eigenvalue weighted by molar-refractivity contribution is -0.126. The van der Waals surface area contributed by atoms with Gasteiger partial charge in [0.2, 0.25) is 5.91 Å². The molecule has 1 aliphatic carbocycles. The second-order valence-electron chi connectivity index (χ2n) is 7.14. The van der Waals surface area contributed by atoms with E-state index in [2.05, 4.69) is 5.32 Å². The molecular weight excluding hydrogens is 355 g/mol. The number of nitrogens with zero attached hydrogens (tertiary/aromatic N) is 1. The number of hydrogen-bond acceptors (Lipinski definition) is 5. The molecule has 2 N–H and O–H groups in total. The maximum Gasteiger partial charge on any atom is 0.258 e. The Bertz CT molecular complexity index is 728. The summed E-state index contributed by atoms with van der Waals surface area (Å²) < 4.78 is 24.3. The van der Waals surface area contributed by atoms with Gasteiger partial charge in [-0.2, -0.15) is 0 Å². The largest absolute Gasteiger partial charge is 0.504 e. The van der Waals surface area contributed by atoms with Crippen LogP contribution in [0.2, 0.25) is 0 Å². The first-order valence-electron chi connectivity index (χ1n) is 9.03. The number of phenols is 1. The number of carbonyl (C=O) groups is 2. The average molecular weight is 380 g/mol. The average Bonchev–Trinajstić information content (AvgIpc) is 3.03. The number of ether oxygens (including phenoxy) is 2. The summed E-state index contributed by atoms with van der Waals surface area (Å²) in [5, 5.41) is 12.9. The van der Waals surface area contributed by atoms with Gasteiger partial charge in [0, 0.05) is 26.8 Å². The summed E-state index contributed by atoms with van der Waals surface area (Å²) in [6, 6.07) is 3.55. The Morgan fingerprint density at radius 3 is 2.85 bits per heavy atom. The van der Waals surface area contributed by atoms with Gasteiger partial charge < -0.3 is 24.8 Å². The molecule has 7 nitrogen and oxygen atoms in total. The number of aromatic hydroxyl groups is 1. The summed E-state index contributed by atoms with van der Waals surface area (Å²) in [5.41, 5.74) is -0.548. The van der Waals surface area contributed by atoms with E-state index in [0.717, 1.165) is 12.5 Å². The van der Waals surface area contributed by atoms with Crippen LogP contribution in [0.3, 0.4) is 0 Å². The molecule has 1 aliphatic heterocycles. The van der Waals surface area contributed by atoms with Gasteiger partial charge in [-0.15, -0.1) is 0 Å². The molecule has 2 fully saturated rings. The van der Waals surface area contributed by atoms with Gasteiger partial charge in [-0.05, 0) is 37.8 Å². The normalized spacial score (nSPS) is 27.3. The van der Waals surface area contributed by atoms with E-state index < -0.39 is 23.1 Å². The number of nitrogens with one attached hydrogen (secondary N) is 1. The summed E-state index contributed by atoms with van der Waals surface area (Å²) in [6.07, 6.45) is 2.64. The zero-order chi connectivity index (χ0) is 19.6. The Hall–Kier alpha value is -2.19. The molecule has 0 radical (unpaired) electrons. The molecule has 3 rings (SSSR count). The molecule has 0 bridgehead atoms. The number of carbonyl (C=O) groups excluding carboxylic acids is 2. The molecule has 2 aliphatic rings. The Morgan fingerprint density at radius 1 is 1.37 bits per heavy atom. The van der Waals surface area contributed by atoms with Crippen LogP contribution in [-0.2, 0) is 14.3 Å². The monoisotopic (exact) mass is 380 g/mol. The minimum Gasteiger partial charge on any atom is -0.504 e. The molecule has 27 heavy (non-hydrogen) atoms. The third kappa shape index (κ3) is 3.64. The van der Waals surface area contributed by atoms with E-state index in [1.807, 2.05) is 0 Å². The quantitative estimate of drug-likeness (QED) is 0.807. The minimum atomic E-state index is -0.827. The van der Waals surface area contributed by atoms with Crippen LogP contribution in [0.1, 0.15) is 36.0 Å². The van der Waals surface area contributed by atoms with Crippen molar-refractivity contribution < 1.29 is 28.6 Å². The van der Waals surface area contributed by atoms with Gasteiger partial charge in [0.15, 0.2) is 11.6 Å². The molecule has 0 unspecified atom stereocenters. The highest BCUT2D eigenvalue weighted by atomic mass is 19.1. The van der Waals surface area contributed by atoms with Crippen molar-refractivity contribution in [3.05, 3.63) is 29.6 Å². The first kappa shape index (κ1) is 19.6. The number of para-hydroxylation sites is 1. The van der Waals surface area contributed by atoms with Gasteiger partial charge in [0.1, 0.15) is 6.61 Å². The lowest BCUT2D eigenvalue weighted by Gasteiger charge is -2.43.